The molecule has 0 saturated carbocycles. The summed E-state index contributed by atoms with van der Waals surface area (Å²) in [6, 6.07) is 0. The van der Waals surface area contributed by atoms with Gasteiger partial charge in [-0.3, -0.25) is 0 Å². The maximum absolute atomic E-state index is 2.32. The number of hydrogen-bond donors (Lipinski definition) is 0. The minimum absolute atomic E-state index is 1.16. The quantitative estimate of drug-likeness (QED) is 0.540. The first-order chi connectivity index (χ1) is 5.61. The third-order valence-electron chi connectivity index (χ3n) is 2.18. The van der Waals surface area contributed by atoms with Crippen molar-refractivity contribution in [2.24, 2.45) is 0 Å². The van der Waals surface area contributed by atoms with E-state index in [9.17, 15) is 0 Å². The fraction of sp³-hybridized carbons (Fsp3) is 0.667. The van der Waals surface area contributed by atoms with Crippen molar-refractivity contribution in [2.45, 2.75) is 53.9 Å². The first kappa shape index (κ1) is 11.5. The molecule has 0 aliphatic rings. The summed E-state index contributed by atoms with van der Waals surface area (Å²) in [5.41, 5.74) is 4.59. The standard InChI is InChI=1S/C12H22/c1-6-8-11(5)9-12(7-2)10(3)4/h8H,6-7,9H2,1-5H3. The summed E-state index contributed by atoms with van der Waals surface area (Å²) in [5.74, 6) is 0. The molecule has 0 aromatic carbocycles. The zero-order valence-corrected chi connectivity index (χ0v) is 9.20. The van der Waals surface area contributed by atoms with E-state index in [1.165, 1.54) is 24.0 Å². The van der Waals surface area contributed by atoms with E-state index in [-0.39, 0.29) is 0 Å². The van der Waals surface area contributed by atoms with E-state index in [2.05, 4.69) is 40.7 Å². The topological polar surface area (TPSA) is 0 Å². The molecule has 0 amide bonds. The van der Waals surface area contributed by atoms with E-state index in [0.717, 1.165) is 6.42 Å². The van der Waals surface area contributed by atoms with Gasteiger partial charge in [-0.1, -0.05) is 36.6 Å². The van der Waals surface area contributed by atoms with Crippen LogP contribution in [-0.4, -0.2) is 0 Å². The maximum atomic E-state index is 2.32. The van der Waals surface area contributed by atoms with Crippen LogP contribution in [-0.2, 0) is 0 Å². The van der Waals surface area contributed by atoms with E-state index in [4.69, 9.17) is 0 Å². The highest BCUT2D eigenvalue weighted by atomic mass is 14.0. The lowest BCUT2D eigenvalue weighted by atomic mass is 10.00. The summed E-state index contributed by atoms with van der Waals surface area (Å²) in [7, 11) is 0. The van der Waals surface area contributed by atoms with E-state index in [0.29, 0.717) is 0 Å². The average Bonchev–Trinajstić information content (AvgIpc) is 2.00. The third-order valence-corrected chi connectivity index (χ3v) is 2.18. The summed E-state index contributed by atoms with van der Waals surface area (Å²) >= 11 is 0. The van der Waals surface area contributed by atoms with Gasteiger partial charge in [0, 0.05) is 0 Å². The van der Waals surface area contributed by atoms with Gasteiger partial charge in [0.25, 0.3) is 0 Å². The molecule has 0 aliphatic heterocycles. The molecular weight excluding hydrogens is 144 g/mol. The fourth-order valence-corrected chi connectivity index (χ4v) is 1.41. The molecule has 0 aliphatic carbocycles. The highest BCUT2D eigenvalue weighted by Crippen LogP contribution is 2.17. The highest BCUT2D eigenvalue weighted by molar-refractivity contribution is 5.17. The lowest BCUT2D eigenvalue weighted by Gasteiger charge is -2.07. The molecule has 0 radical (unpaired) electrons. The minimum atomic E-state index is 1.16. The van der Waals surface area contributed by atoms with Crippen molar-refractivity contribution in [1.82, 2.24) is 0 Å². The molecule has 12 heavy (non-hydrogen) atoms. The van der Waals surface area contributed by atoms with Crippen molar-refractivity contribution in [2.75, 3.05) is 0 Å². The second kappa shape index (κ2) is 6.05. The van der Waals surface area contributed by atoms with Crippen molar-refractivity contribution in [3.63, 3.8) is 0 Å². The first-order valence-corrected chi connectivity index (χ1v) is 4.92. The minimum Gasteiger partial charge on any atom is -0.0856 e. The van der Waals surface area contributed by atoms with Crippen LogP contribution in [0.4, 0.5) is 0 Å². The number of allylic oxidation sites excluding steroid dienone is 4. The molecule has 0 bridgehead atoms. The van der Waals surface area contributed by atoms with E-state index >= 15 is 0 Å². The molecule has 0 rings (SSSR count). The summed E-state index contributed by atoms with van der Waals surface area (Å²) < 4.78 is 0. The SMILES string of the molecule is CCC=C(C)CC(CC)=C(C)C. The van der Waals surface area contributed by atoms with Crippen LogP contribution in [0.1, 0.15) is 53.9 Å². The molecule has 0 heteroatoms. The summed E-state index contributed by atoms with van der Waals surface area (Å²) in [6.07, 6.45) is 5.84. The molecule has 0 unspecified atom stereocenters. The Labute approximate surface area is 77.4 Å². The first-order valence-electron chi connectivity index (χ1n) is 4.92. The van der Waals surface area contributed by atoms with Crippen LogP contribution in [0.5, 0.6) is 0 Å². The molecule has 0 N–H and O–H groups in total. The Morgan fingerprint density at radius 1 is 1.08 bits per heavy atom. The van der Waals surface area contributed by atoms with E-state index in [1.807, 2.05) is 0 Å². The van der Waals surface area contributed by atoms with Crippen LogP contribution in [0, 0.1) is 0 Å². The molecular formula is C12H22. The van der Waals surface area contributed by atoms with E-state index < -0.39 is 0 Å². The predicted molar refractivity (Wildman–Crippen MR) is 57.3 cm³/mol. The predicted octanol–water partition coefficient (Wildman–Crippen LogP) is 4.48. The van der Waals surface area contributed by atoms with Gasteiger partial charge in [0.15, 0.2) is 0 Å². The van der Waals surface area contributed by atoms with Crippen molar-refractivity contribution < 1.29 is 0 Å². The summed E-state index contributed by atoms with van der Waals surface area (Å²) in [4.78, 5) is 0. The average molecular weight is 166 g/mol. The fourth-order valence-electron chi connectivity index (χ4n) is 1.41. The van der Waals surface area contributed by atoms with Gasteiger partial charge < -0.3 is 0 Å². The van der Waals surface area contributed by atoms with Crippen LogP contribution >= 0.6 is 0 Å². The molecule has 0 atom stereocenters. The van der Waals surface area contributed by atoms with Gasteiger partial charge in [0.2, 0.25) is 0 Å². The van der Waals surface area contributed by atoms with Gasteiger partial charge in [-0.25, -0.2) is 0 Å². The third kappa shape index (κ3) is 4.38. The maximum Gasteiger partial charge on any atom is -0.0109 e. The molecule has 0 fully saturated rings. The van der Waals surface area contributed by atoms with Crippen molar-refractivity contribution in [1.29, 1.82) is 0 Å². The molecule has 70 valence electrons. The Balaban J connectivity index is 4.23. The molecule has 0 spiro atoms. The molecule has 0 aromatic heterocycles. The monoisotopic (exact) mass is 166 g/mol. The van der Waals surface area contributed by atoms with Crippen LogP contribution < -0.4 is 0 Å². The van der Waals surface area contributed by atoms with Gasteiger partial charge in [-0.2, -0.15) is 0 Å². The van der Waals surface area contributed by atoms with Crippen molar-refractivity contribution in [3.05, 3.63) is 22.8 Å². The van der Waals surface area contributed by atoms with Crippen LogP contribution in [0.2, 0.25) is 0 Å². The summed E-state index contributed by atoms with van der Waals surface area (Å²) in [5, 5.41) is 0. The van der Waals surface area contributed by atoms with Crippen LogP contribution in [0.3, 0.4) is 0 Å². The Hall–Kier alpha value is -0.520. The van der Waals surface area contributed by atoms with Crippen LogP contribution in [0.15, 0.2) is 22.8 Å². The highest BCUT2D eigenvalue weighted by Gasteiger charge is 1.97. The molecule has 0 nitrogen and oxygen atoms in total. The molecule has 0 aromatic rings. The molecule has 0 heterocycles. The Bertz CT molecular complexity index is 178. The lowest BCUT2D eigenvalue weighted by molar-refractivity contribution is 0.948. The second-order valence-corrected chi connectivity index (χ2v) is 3.59. The zero-order valence-electron chi connectivity index (χ0n) is 9.20. The van der Waals surface area contributed by atoms with Gasteiger partial charge in [0.1, 0.15) is 0 Å². The largest absolute Gasteiger partial charge is 0.0856 e. The van der Waals surface area contributed by atoms with Crippen molar-refractivity contribution >= 4 is 0 Å². The van der Waals surface area contributed by atoms with E-state index in [1.54, 1.807) is 5.57 Å². The smallest absolute Gasteiger partial charge is 0.0109 e. The Morgan fingerprint density at radius 2 is 1.67 bits per heavy atom. The Morgan fingerprint density at radius 3 is 2.00 bits per heavy atom. The molecule has 0 saturated heterocycles. The summed E-state index contributed by atoms with van der Waals surface area (Å²) in [6.45, 7) is 11.1. The van der Waals surface area contributed by atoms with Gasteiger partial charge in [-0.05, 0) is 40.0 Å². The number of hydrogen-bond acceptors (Lipinski definition) is 0. The van der Waals surface area contributed by atoms with Gasteiger partial charge in [0.05, 0.1) is 0 Å². The second-order valence-electron chi connectivity index (χ2n) is 3.59. The van der Waals surface area contributed by atoms with Gasteiger partial charge in [-0.15, -0.1) is 0 Å². The number of rotatable bonds is 4. The zero-order chi connectivity index (χ0) is 9.56. The van der Waals surface area contributed by atoms with Crippen molar-refractivity contribution in [3.8, 4) is 0 Å². The lowest BCUT2D eigenvalue weighted by Crippen LogP contribution is -1.86. The van der Waals surface area contributed by atoms with Crippen LogP contribution in [0.25, 0.3) is 0 Å². The Kier molecular flexibility index (Phi) is 5.79. The van der Waals surface area contributed by atoms with Gasteiger partial charge >= 0.3 is 0 Å². The normalized spacial score (nSPS) is 11.6.